The summed E-state index contributed by atoms with van der Waals surface area (Å²) in [7, 11) is 0. The molecule has 0 aliphatic rings. The van der Waals surface area contributed by atoms with Crippen LogP contribution in [-0.2, 0) is 14.3 Å². The third kappa shape index (κ3) is 31.3. The Hall–Kier alpha value is -1.06. The number of esters is 1. The highest BCUT2D eigenvalue weighted by Gasteiger charge is 2.15. The summed E-state index contributed by atoms with van der Waals surface area (Å²) in [5.41, 5.74) is 0. The zero-order valence-electron chi connectivity index (χ0n) is 26.5. The molecule has 0 fully saturated rings. The summed E-state index contributed by atoms with van der Waals surface area (Å²) >= 11 is 0. The van der Waals surface area contributed by atoms with Gasteiger partial charge in [0.2, 0.25) is 0 Å². The van der Waals surface area contributed by atoms with E-state index < -0.39 is 5.97 Å². The average molecular weight is 553 g/mol. The Labute approximate surface area is 243 Å². The highest BCUT2D eigenvalue weighted by atomic mass is 16.5. The monoisotopic (exact) mass is 553 g/mol. The normalized spacial score (nSPS) is 12.1. The molecule has 0 radical (unpaired) electrons. The van der Waals surface area contributed by atoms with Crippen molar-refractivity contribution in [1.29, 1.82) is 0 Å². The second kappa shape index (κ2) is 31.5. The SMILES string of the molecule is CCCCCCCCCCCCCCCCC(=O)OC(CCCCCCCCCCCCCC)CCC(=O)O. The molecule has 0 rings (SSSR count). The molecule has 4 heteroatoms. The summed E-state index contributed by atoms with van der Waals surface area (Å²) in [6, 6.07) is 0. The molecular formula is C35H68O4. The van der Waals surface area contributed by atoms with Crippen LogP contribution in [0.15, 0.2) is 0 Å². The van der Waals surface area contributed by atoms with Gasteiger partial charge in [-0.05, 0) is 25.7 Å². The van der Waals surface area contributed by atoms with Crippen LogP contribution in [0.2, 0.25) is 0 Å². The standard InChI is InChI=1S/C35H68O4/c1-3-5-7-9-11-13-15-17-18-20-22-24-26-28-30-35(38)39-33(31-32-34(36)37)29-27-25-23-21-19-16-14-12-10-8-6-4-2/h33H,3-32H2,1-2H3,(H,36,37). The maximum Gasteiger partial charge on any atom is 0.306 e. The first-order valence-electron chi connectivity index (χ1n) is 17.5. The van der Waals surface area contributed by atoms with Crippen LogP contribution in [0.25, 0.3) is 0 Å². The highest BCUT2D eigenvalue weighted by Crippen LogP contribution is 2.18. The fourth-order valence-electron chi connectivity index (χ4n) is 5.47. The molecule has 0 spiro atoms. The van der Waals surface area contributed by atoms with Gasteiger partial charge in [0, 0.05) is 12.8 Å². The molecule has 4 nitrogen and oxygen atoms in total. The molecular weight excluding hydrogens is 484 g/mol. The number of ether oxygens (including phenoxy) is 1. The number of hydrogen-bond acceptors (Lipinski definition) is 3. The van der Waals surface area contributed by atoms with Crippen molar-refractivity contribution in [2.75, 3.05) is 0 Å². The molecule has 232 valence electrons. The van der Waals surface area contributed by atoms with Gasteiger partial charge in [0.05, 0.1) is 0 Å². The van der Waals surface area contributed by atoms with Crippen molar-refractivity contribution in [3.05, 3.63) is 0 Å². The van der Waals surface area contributed by atoms with Crippen LogP contribution in [0.5, 0.6) is 0 Å². The van der Waals surface area contributed by atoms with Gasteiger partial charge in [0.15, 0.2) is 0 Å². The van der Waals surface area contributed by atoms with E-state index in [2.05, 4.69) is 13.8 Å². The van der Waals surface area contributed by atoms with E-state index in [0.717, 1.165) is 32.1 Å². The van der Waals surface area contributed by atoms with Crippen LogP contribution in [0, 0.1) is 0 Å². The molecule has 0 aromatic heterocycles. The lowest BCUT2D eigenvalue weighted by Crippen LogP contribution is -2.19. The van der Waals surface area contributed by atoms with Crippen molar-refractivity contribution in [2.24, 2.45) is 0 Å². The van der Waals surface area contributed by atoms with Gasteiger partial charge in [-0.2, -0.15) is 0 Å². The number of carbonyl (C=O) groups excluding carboxylic acids is 1. The van der Waals surface area contributed by atoms with E-state index in [1.165, 1.54) is 141 Å². The van der Waals surface area contributed by atoms with E-state index in [9.17, 15) is 9.59 Å². The fraction of sp³-hybridized carbons (Fsp3) is 0.943. The van der Waals surface area contributed by atoms with Crippen molar-refractivity contribution in [1.82, 2.24) is 0 Å². The van der Waals surface area contributed by atoms with E-state index >= 15 is 0 Å². The summed E-state index contributed by atoms with van der Waals surface area (Å²) in [4.78, 5) is 23.4. The minimum absolute atomic E-state index is 0.0784. The Bertz CT molecular complexity index is 519. The van der Waals surface area contributed by atoms with Crippen LogP contribution in [0.4, 0.5) is 0 Å². The Morgan fingerprint density at radius 1 is 0.462 bits per heavy atom. The fourth-order valence-corrected chi connectivity index (χ4v) is 5.47. The van der Waals surface area contributed by atoms with Gasteiger partial charge >= 0.3 is 11.9 Å². The lowest BCUT2D eigenvalue weighted by molar-refractivity contribution is -0.151. The second-order valence-electron chi connectivity index (χ2n) is 12.1. The molecule has 0 amide bonds. The first kappa shape index (κ1) is 37.9. The predicted molar refractivity (Wildman–Crippen MR) is 167 cm³/mol. The number of rotatable bonds is 32. The van der Waals surface area contributed by atoms with Crippen molar-refractivity contribution in [3.8, 4) is 0 Å². The maximum absolute atomic E-state index is 12.4. The second-order valence-corrected chi connectivity index (χ2v) is 12.1. The first-order chi connectivity index (χ1) is 19.1. The Balaban J connectivity index is 3.72. The summed E-state index contributed by atoms with van der Waals surface area (Å²) in [6.45, 7) is 4.54. The quantitative estimate of drug-likeness (QED) is 0.0665. The number of unbranched alkanes of at least 4 members (excludes halogenated alkanes) is 24. The van der Waals surface area contributed by atoms with E-state index in [1.807, 2.05) is 0 Å². The van der Waals surface area contributed by atoms with Gasteiger partial charge in [-0.3, -0.25) is 9.59 Å². The van der Waals surface area contributed by atoms with Crippen LogP contribution < -0.4 is 0 Å². The molecule has 0 saturated heterocycles. The molecule has 39 heavy (non-hydrogen) atoms. The van der Waals surface area contributed by atoms with Crippen molar-refractivity contribution in [3.63, 3.8) is 0 Å². The molecule has 0 saturated carbocycles. The molecule has 1 atom stereocenters. The van der Waals surface area contributed by atoms with Crippen LogP contribution in [-0.4, -0.2) is 23.1 Å². The zero-order chi connectivity index (χ0) is 28.7. The van der Waals surface area contributed by atoms with E-state index in [1.54, 1.807) is 0 Å². The van der Waals surface area contributed by atoms with Crippen molar-refractivity contribution < 1.29 is 19.4 Å². The predicted octanol–water partition coefficient (Wildman–Crippen LogP) is 11.7. The van der Waals surface area contributed by atoms with Gasteiger partial charge in [-0.1, -0.05) is 168 Å². The minimum atomic E-state index is -0.808. The summed E-state index contributed by atoms with van der Waals surface area (Å²) < 4.78 is 5.71. The van der Waals surface area contributed by atoms with Gasteiger partial charge in [-0.15, -0.1) is 0 Å². The summed E-state index contributed by atoms with van der Waals surface area (Å²) in [5, 5.41) is 9.07. The number of hydrogen-bond donors (Lipinski definition) is 1. The highest BCUT2D eigenvalue weighted by molar-refractivity contribution is 5.69. The zero-order valence-corrected chi connectivity index (χ0v) is 26.5. The maximum atomic E-state index is 12.4. The molecule has 1 unspecified atom stereocenters. The summed E-state index contributed by atoms with van der Waals surface area (Å²) in [5.74, 6) is -0.944. The Morgan fingerprint density at radius 3 is 1.15 bits per heavy atom. The number of carboxylic acids is 1. The molecule has 0 aromatic rings. The lowest BCUT2D eigenvalue weighted by atomic mass is 10.0. The lowest BCUT2D eigenvalue weighted by Gasteiger charge is -2.17. The summed E-state index contributed by atoms with van der Waals surface area (Å²) in [6.07, 6.45) is 35.4. The van der Waals surface area contributed by atoms with Gasteiger partial charge in [0.25, 0.3) is 0 Å². The van der Waals surface area contributed by atoms with Crippen LogP contribution in [0.1, 0.15) is 206 Å². The van der Waals surface area contributed by atoms with Crippen molar-refractivity contribution >= 4 is 11.9 Å². The minimum Gasteiger partial charge on any atom is -0.481 e. The third-order valence-corrected chi connectivity index (χ3v) is 8.09. The number of carbonyl (C=O) groups is 2. The van der Waals surface area contributed by atoms with Gasteiger partial charge in [0.1, 0.15) is 6.10 Å². The van der Waals surface area contributed by atoms with E-state index in [-0.39, 0.29) is 18.5 Å². The van der Waals surface area contributed by atoms with E-state index in [4.69, 9.17) is 9.84 Å². The molecule has 0 heterocycles. The molecule has 1 N–H and O–H groups in total. The van der Waals surface area contributed by atoms with Crippen LogP contribution >= 0.6 is 0 Å². The largest absolute Gasteiger partial charge is 0.481 e. The van der Waals surface area contributed by atoms with E-state index in [0.29, 0.717) is 12.8 Å². The van der Waals surface area contributed by atoms with Crippen LogP contribution in [0.3, 0.4) is 0 Å². The first-order valence-corrected chi connectivity index (χ1v) is 17.5. The number of aliphatic carboxylic acids is 1. The third-order valence-electron chi connectivity index (χ3n) is 8.09. The van der Waals surface area contributed by atoms with Gasteiger partial charge < -0.3 is 9.84 Å². The van der Waals surface area contributed by atoms with Crippen molar-refractivity contribution in [2.45, 2.75) is 213 Å². The Morgan fingerprint density at radius 2 is 0.795 bits per heavy atom. The van der Waals surface area contributed by atoms with Gasteiger partial charge in [-0.25, -0.2) is 0 Å². The molecule has 0 bridgehead atoms. The smallest absolute Gasteiger partial charge is 0.306 e. The number of carboxylic acid groups (broad SMARTS) is 1. The Kier molecular flexibility index (Phi) is 30.6. The molecule has 0 aliphatic heterocycles. The topological polar surface area (TPSA) is 63.6 Å². The molecule has 0 aromatic carbocycles. The average Bonchev–Trinajstić information content (AvgIpc) is 2.92. The molecule has 0 aliphatic carbocycles.